The van der Waals surface area contributed by atoms with Crippen molar-refractivity contribution < 1.29 is 9.18 Å². The van der Waals surface area contributed by atoms with E-state index in [0.29, 0.717) is 6.42 Å². The molecule has 0 radical (unpaired) electrons. The van der Waals surface area contributed by atoms with E-state index in [1.165, 1.54) is 0 Å². The van der Waals surface area contributed by atoms with Crippen LogP contribution >= 0.6 is 0 Å². The standard InChI is InChI=1S/C15H21FO/c1-9(2)13-7-12(16)8-14(10(3)4)15(13)6-11(5)17/h7-10H,6H2,1-5H3. The van der Waals surface area contributed by atoms with Gasteiger partial charge in [0.25, 0.3) is 0 Å². The lowest BCUT2D eigenvalue weighted by Crippen LogP contribution is -2.08. The van der Waals surface area contributed by atoms with E-state index in [1.54, 1.807) is 19.1 Å². The highest BCUT2D eigenvalue weighted by Crippen LogP contribution is 2.29. The molecule has 1 aromatic carbocycles. The van der Waals surface area contributed by atoms with Crippen LogP contribution in [-0.2, 0) is 11.2 Å². The molecular formula is C15H21FO. The van der Waals surface area contributed by atoms with Crippen LogP contribution in [0.4, 0.5) is 4.39 Å². The number of benzene rings is 1. The van der Waals surface area contributed by atoms with Crippen LogP contribution in [0.5, 0.6) is 0 Å². The van der Waals surface area contributed by atoms with Crippen molar-refractivity contribution in [1.29, 1.82) is 0 Å². The minimum Gasteiger partial charge on any atom is -0.300 e. The Bertz CT molecular complexity index is 390. The first-order valence-corrected chi connectivity index (χ1v) is 6.14. The molecule has 94 valence electrons. The Kier molecular flexibility index (Phi) is 4.44. The van der Waals surface area contributed by atoms with Gasteiger partial charge in [-0.05, 0) is 47.6 Å². The fraction of sp³-hybridized carbons (Fsp3) is 0.533. The Morgan fingerprint density at radius 2 is 1.53 bits per heavy atom. The van der Waals surface area contributed by atoms with E-state index in [0.717, 1.165) is 16.7 Å². The maximum absolute atomic E-state index is 13.6. The topological polar surface area (TPSA) is 17.1 Å². The van der Waals surface area contributed by atoms with Gasteiger partial charge in [-0.3, -0.25) is 4.79 Å². The number of carbonyl (C=O) groups is 1. The summed E-state index contributed by atoms with van der Waals surface area (Å²) in [7, 11) is 0. The molecule has 17 heavy (non-hydrogen) atoms. The van der Waals surface area contributed by atoms with Crippen molar-refractivity contribution in [2.24, 2.45) is 0 Å². The monoisotopic (exact) mass is 236 g/mol. The molecule has 0 amide bonds. The summed E-state index contributed by atoms with van der Waals surface area (Å²) in [6, 6.07) is 3.13. The molecule has 2 heteroatoms. The smallest absolute Gasteiger partial charge is 0.134 e. The molecule has 0 saturated carbocycles. The predicted octanol–water partition coefficient (Wildman–Crippen LogP) is 4.20. The lowest BCUT2D eigenvalue weighted by atomic mass is 9.86. The summed E-state index contributed by atoms with van der Waals surface area (Å²) in [5.41, 5.74) is 2.94. The first-order valence-electron chi connectivity index (χ1n) is 6.14. The van der Waals surface area contributed by atoms with Crippen molar-refractivity contribution >= 4 is 5.78 Å². The molecule has 1 aromatic rings. The van der Waals surface area contributed by atoms with Crippen molar-refractivity contribution in [1.82, 2.24) is 0 Å². The van der Waals surface area contributed by atoms with E-state index in [4.69, 9.17) is 0 Å². The third-order valence-electron chi connectivity index (χ3n) is 2.95. The number of ketones is 1. The van der Waals surface area contributed by atoms with E-state index in [9.17, 15) is 9.18 Å². The number of rotatable bonds is 4. The van der Waals surface area contributed by atoms with Crippen LogP contribution in [0.2, 0.25) is 0 Å². The summed E-state index contributed by atoms with van der Waals surface area (Å²) in [6.45, 7) is 9.70. The maximum Gasteiger partial charge on any atom is 0.134 e. The average molecular weight is 236 g/mol. The highest BCUT2D eigenvalue weighted by atomic mass is 19.1. The van der Waals surface area contributed by atoms with Crippen LogP contribution in [0.3, 0.4) is 0 Å². The van der Waals surface area contributed by atoms with Gasteiger partial charge in [-0.1, -0.05) is 27.7 Å². The number of hydrogen-bond donors (Lipinski definition) is 0. The van der Waals surface area contributed by atoms with Gasteiger partial charge in [0.15, 0.2) is 0 Å². The zero-order valence-corrected chi connectivity index (χ0v) is 11.3. The van der Waals surface area contributed by atoms with Gasteiger partial charge in [-0.15, -0.1) is 0 Å². The SMILES string of the molecule is CC(=O)Cc1c(C(C)C)cc(F)cc1C(C)C. The summed E-state index contributed by atoms with van der Waals surface area (Å²) in [6.07, 6.45) is 0.404. The molecule has 0 saturated heterocycles. The summed E-state index contributed by atoms with van der Waals surface area (Å²) < 4.78 is 13.6. The second-order valence-corrected chi connectivity index (χ2v) is 5.25. The van der Waals surface area contributed by atoms with Crippen molar-refractivity contribution in [2.45, 2.75) is 52.9 Å². The maximum atomic E-state index is 13.6. The molecule has 0 unspecified atom stereocenters. The van der Waals surface area contributed by atoms with Gasteiger partial charge in [0.05, 0.1) is 0 Å². The fourth-order valence-corrected chi connectivity index (χ4v) is 2.16. The van der Waals surface area contributed by atoms with Crippen LogP contribution in [0, 0.1) is 5.82 Å². The molecule has 0 aliphatic rings. The van der Waals surface area contributed by atoms with Crippen molar-refractivity contribution in [2.75, 3.05) is 0 Å². The Morgan fingerprint density at radius 1 is 1.12 bits per heavy atom. The molecule has 0 fully saturated rings. The Hall–Kier alpha value is -1.18. The van der Waals surface area contributed by atoms with Gasteiger partial charge in [0, 0.05) is 6.42 Å². The predicted molar refractivity (Wildman–Crippen MR) is 69.0 cm³/mol. The Balaban J connectivity index is 3.41. The van der Waals surface area contributed by atoms with E-state index in [-0.39, 0.29) is 23.4 Å². The fourth-order valence-electron chi connectivity index (χ4n) is 2.16. The van der Waals surface area contributed by atoms with Gasteiger partial charge < -0.3 is 0 Å². The largest absolute Gasteiger partial charge is 0.300 e. The van der Waals surface area contributed by atoms with Crippen LogP contribution in [-0.4, -0.2) is 5.78 Å². The van der Waals surface area contributed by atoms with Gasteiger partial charge in [-0.2, -0.15) is 0 Å². The molecule has 0 aromatic heterocycles. The average Bonchev–Trinajstić information content (AvgIpc) is 2.18. The van der Waals surface area contributed by atoms with Crippen molar-refractivity contribution in [3.63, 3.8) is 0 Å². The van der Waals surface area contributed by atoms with Gasteiger partial charge in [0.1, 0.15) is 11.6 Å². The Labute approximate surface area is 103 Å². The van der Waals surface area contributed by atoms with Crippen LogP contribution in [0.1, 0.15) is 63.1 Å². The second-order valence-electron chi connectivity index (χ2n) is 5.25. The van der Waals surface area contributed by atoms with Crippen molar-refractivity contribution in [3.05, 3.63) is 34.6 Å². The number of carbonyl (C=O) groups excluding carboxylic acids is 1. The second kappa shape index (κ2) is 5.44. The first kappa shape index (κ1) is 13.9. The van der Waals surface area contributed by atoms with E-state index < -0.39 is 0 Å². The minimum atomic E-state index is -0.204. The highest BCUT2D eigenvalue weighted by Gasteiger charge is 2.16. The lowest BCUT2D eigenvalue weighted by Gasteiger charge is -2.19. The van der Waals surface area contributed by atoms with Gasteiger partial charge >= 0.3 is 0 Å². The number of Topliss-reactive ketones (excluding diaryl/α,β-unsaturated/α-hetero) is 1. The molecule has 0 N–H and O–H groups in total. The van der Waals surface area contributed by atoms with E-state index in [2.05, 4.69) is 0 Å². The van der Waals surface area contributed by atoms with Crippen molar-refractivity contribution in [3.8, 4) is 0 Å². The quantitative estimate of drug-likeness (QED) is 0.765. The van der Waals surface area contributed by atoms with Crippen LogP contribution in [0.25, 0.3) is 0 Å². The third kappa shape index (κ3) is 3.39. The summed E-state index contributed by atoms with van der Waals surface area (Å²) in [5, 5.41) is 0. The molecule has 0 heterocycles. The molecule has 0 spiro atoms. The van der Waals surface area contributed by atoms with E-state index in [1.807, 2.05) is 27.7 Å². The van der Waals surface area contributed by atoms with E-state index >= 15 is 0 Å². The minimum absolute atomic E-state index is 0.125. The summed E-state index contributed by atoms with van der Waals surface area (Å²) in [4.78, 5) is 11.4. The molecule has 0 aliphatic heterocycles. The summed E-state index contributed by atoms with van der Waals surface area (Å²) in [5.74, 6) is 0.389. The number of halogens is 1. The van der Waals surface area contributed by atoms with Crippen LogP contribution in [0.15, 0.2) is 12.1 Å². The third-order valence-corrected chi connectivity index (χ3v) is 2.95. The molecule has 1 rings (SSSR count). The zero-order chi connectivity index (χ0) is 13.2. The van der Waals surface area contributed by atoms with Crippen LogP contribution < -0.4 is 0 Å². The molecule has 0 aliphatic carbocycles. The molecule has 0 atom stereocenters. The zero-order valence-electron chi connectivity index (χ0n) is 11.3. The van der Waals surface area contributed by atoms with Gasteiger partial charge in [0.2, 0.25) is 0 Å². The molecular weight excluding hydrogens is 215 g/mol. The molecule has 0 bridgehead atoms. The lowest BCUT2D eigenvalue weighted by molar-refractivity contribution is -0.116. The molecule has 1 nitrogen and oxygen atoms in total. The summed E-state index contributed by atoms with van der Waals surface area (Å²) >= 11 is 0. The Morgan fingerprint density at radius 3 is 1.82 bits per heavy atom. The highest BCUT2D eigenvalue weighted by molar-refractivity contribution is 5.79. The number of hydrogen-bond acceptors (Lipinski definition) is 1. The first-order chi connectivity index (χ1) is 7.82. The normalized spacial score (nSPS) is 11.3. The van der Waals surface area contributed by atoms with Gasteiger partial charge in [-0.25, -0.2) is 4.39 Å².